The van der Waals surface area contributed by atoms with E-state index >= 15 is 0 Å². The maximum Gasteiger partial charge on any atom is 0.260 e. The van der Waals surface area contributed by atoms with E-state index in [2.05, 4.69) is 14.9 Å². The largest absolute Gasteiger partial charge is 0.286 e. The molecular formula is C28H27N5O2. The summed E-state index contributed by atoms with van der Waals surface area (Å²) in [7, 11) is 0. The Morgan fingerprint density at radius 3 is 1.83 bits per heavy atom. The molecule has 0 saturated heterocycles. The molecule has 2 amide bonds. The maximum atomic E-state index is 12.9. The fourth-order valence-corrected chi connectivity index (χ4v) is 3.84. The van der Waals surface area contributed by atoms with Crippen LogP contribution in [0.4, 0.5) is 0 Å². The Morgan fingerprint density at radius 2 is 1.26 bits per heavy atom. The van der Waals surface area contributed by atoms with Crippen molar-refractivity contribution < 1.29 is 9.59 Å². The summed E-state index contributed by atoms with van der Waals surface area (Å²) in [4.78, 5) is 41.7. The van der Waals surface area contributed by atoms with E-state index in [9.17, 15) is 9.59 Å². The standard InChI is InChI=1S/C28H27N5O2/c1-22-9-2-3-14-27(22)28(35)33(21-34)20-26-13-8-12-25(31-26)19-32(17-23-10-4-6-15-29-23)18-24-11-5-7-16-30-24/h2-16,21H,17-20H2,1H3. The van der Waals surface area contributed by atoms with Gasteiger partial charge >= 0.3 is 0 Å². The van der Waals surface area contributed by atoms with Gasteiger partial charge in [0.2, 0.25) is 6.41 Å². The van der Waals surface area contributed by atoms with Crippen LogP contribution in [0.5, 0.6) is 0 Å². The lowest BCUT2D eigenvalue weighted by Gasteiger charge is -2.22. The Labute approximate surface area is 205 Å². The van der Waals surface area contributed by atoms with Gasteiger partial charge in [-0.05, 0) is 55.0 Å². The second-order valence-corrected chi connectivity index (χ2v) is 8.26. The van der Waals surface area contributed by atoms with Gasteiger partial charge in [-0.15, -0.1) is 0 Å². The quantitative estimate of drug-likeness (QED) is 0.327. The Kier molecular flexibility index (Phi) is 8.04. The smallest absolute Gasteiger partial charge is 0.260 e. The summed E-state index contributed by atoms with van der Waals surface area (Å²) in [5, 5.41) is 0. The minimum atomic E-state index is -0.336. The monoisotopic (exact) mass is 465 g/mol. The summed E-state index contributed by atoms with van der Waals surface area (Å²) in [5.74, 6) is -0.336. The molecule has 7 nitrogen and oxygen atoms in total. The van der Waals surface area contributed by atoms with Crippen LogP contribution in [-0.2, 0) is 31.0 Å². The van der Waals surface area contributed by atoms with Crippen LogP contribution < -0.4 is 0 Å². The van der Waals surface area contributed by atoms with Crippen molar-refractivity contribution >= 4 is 12.3 Å². The number of hydrogen-bond donors (Lipinski definition) is 0. The molecule has 3 aromatic heterocycles. The average Bonchev–Trinajstić information content (AvgIpc) is 2.88. The van der Waals surface area contributed by atoms with Crippen LogP contribution in [0.15, 0.2) is 91.3 Å². The van der Waals surface area contributed by atoms with Gasteiger partial charge in [0, 0.05) is 37.6 Å². The molecule has 3 heterocycles. The second-order valence-electron chi connectivity index (χ2n) is 8.26. The molecule has 0 aliphatic rings. The number of hydrogen-bond acceptors (Lipinski definition) is 6. The van der Waals surface area contributed by atoms with E-state index in [1.807, 2.05) is 73.7 Å². The third kappa shape index (κ3) is 6.65. The number of nitrogens with zero attached hydrogens (tertiary/aromatic N) is 5. The molecule has 35 heavy (non-hydrogen) atoms. The zero-order valence-electron chi connectivity index (χ0n) is 19.6. The lowest BCUT2D eigenvalue weighted by atomic mass is 10.1. The molecule has 1 aromatic carbocycles. The fraction of sp³-hybridized carbons (Fsp3) is 0.179. The normalized spacial score (nSPS) is 10.8. The highest BCUT2D eigenvalue weighted by atomic mass is 16.2. The fourth-order valence-electron chi connectivity index (χ4n) is 3.84. The van der Waals surface area contributed by atoms with Crippen LogP contribution in [0.1, 0.15) is 38.7 Å². The van der Waals surface area contributed by atoms with Crippen molar-refractivity contribution in [1.82, 2.24) is 24.8 Å². The third-order valence-electron chi connectivity index (χ3n) is 5.57. The Balaban J connectivity index is 1.50. The molecule has 0 bridgehead atoms. The Morgan fingerprint density at radius 1 is 0.714 bits per heavy atom. The molecule has 0 aliphatic carbocycles. The summed E-state index contributed by atoms with van der Waals surface area (Å²) in [6, 6.07) is 24.6. The van der Waals surface area contributed by atoms with E-state index in [1.165, 1.54) is 0 Å². The van der Waals surface area contributed by atoms with E-state index in [1.54, 1.807) is 24.5 Å². The van der Waals surface area contributed by atoms with Gasteiger partial charge in [0.1, 0.15) is 0 Å². The molecular weight excluding hydrogens is 438 g/mol. The van der Waals surface area contributed by atoms with Crippen LogP contribution in [-0.4, -0.2) is 37.1 Å². The highest BCUT2D eigenvalue weighted by molar-refractivity contribution is 6.00. The predicted octanol–water partition coefficient (Wildman–Crippen LogP) is 4.18. The van der Waals surface area contributed by atoms with Crippen LogP contribution in [0.3, 0.4) is 0 Å². The van der Waals surface area contributed by atoms with Gasteiger partial charge in [-0.3, -0.25) is 34.3 Å². The van der Waals surface area contributed by atoms with Crippen LogP contribution in [0, 0.1) is 6.92 Å². The van der Waals surface area contributed by atoms with Gasteiger partial charge in [-0.2, -0.15) is 0 Å². The zero-order chi connectivity index (χ0) is 24.5. The molecule has 0 saturated carbocycles. The van der Waals surface area contributed by atoms with Gasteiger partial charge in [0.15, 0.2) is 0 Å². The van der Waals surface area contributed by atoms with Gasteiger partial charge < -0.3 is 0 Å². The molecule has 4 aromatic rings. The van der Waals surface area contributed by atoms with E-state index in [0.717, 1.165) is 27.5 Å². The molecule has 0 atom stereocenters. The predicted molar refractivity (Wildman–Crippen MR) is 133 cm³/mol. The van der Waals surface area contributed by atoms with E-state index in [0.29, 0.717) is 37.3 Å². The van der Waals surface area contributed by atoms with E-state index in [4.69, 9.17) is 4.98 Å². The van der Waals surface area contributed by atoms with Crippen molar-refractivity contribution in [2.24, 2.45) is 0 Å². The van der Waals surface area contributed by atoms with Gasteiger partial charge in [0.05, 0.1) is 29.3 Å². The van der Waals surface area contributed by atoms with Crippen molar-refractivity contribution in [3.8, 4) is 0 Å². The first-order valence-electron chi connectivity index (χ1n) is 11.4. The minimum Gasteiger partial charge on any atom is -0.286 e. The molecule has 0 radical (unpaired) electrons. The number of pyridine rings is 3. The topological polar surface area (TPSA) is 79.3 Å². The first-order chi connectivity index (χ1) is 17.1. The van der Waals surface area contributed by atoms with Crippen molar-refractivity contribution in [3.63, 3.8) is 0 Å². The molecule has 176 valence electrons. The summed E-state index contributed by atoms with van der Waals surface area (Å²) in [6.45, 7) is 3.79. The Bertz CT molecular complexity index is 1220. The number of aryl methyl sites for hydroxylation is 1. The summed E-state index contributed by atoms with van der Waals surface area (Å²) in [6.07, 6.45) is 4.14. The summed E-state index contributed by atoms with van der Waals surface area (Å²) in [5.41, 5.74) is 4.72. The Hall–Kier alpha value is -4.23. The number of imide groups is 1. The number of carbonyl (C=O) groups excluding carboxylic acids is 2. The van der Waals surface area contributed by atoms with Gasteiger partial charge in [-0.25, -0.2) is 0 Å². The van der Waals surface area contributed by atoms with Gasteiger partial charge in [-0.1, -0.05) is 36.4 Å². The molecule has 0 fully saturated rings. The van der Waals surface area contributed by atoms with Crippen LogP contribution in [0.25, 0.3) is 0 Å². The number of carbonyl (C=O) groups is 2. The average molecular weight is 466 g/mol. The lowest BCUT2D eigenvalue weighted by molar-refractivity contribution is -0.116. The number of rotatable bonds is 10. The van der Waals surface area contributed by atoms with Gasteiger partial charge in [0.25, 0.3) is 5.91 Å². The molecule has 4 rings (SSSR count). The second kappa shape index (κ2) is 11.8. The molecule has 0 aliphatic heterocycles. The third-order valence-corrected chi connectivity index (χ3v) is 5.57. The van der Waals surface area contributed by atoms with Crippen molar-refractivity contribution in [3.05, 3.63) is 125 Å². The van der Waals surface area contributed by atoms with Crippen molar-refractivity contribution in [1.29, 1.82) is 0 Å². The summed E-state index contributed by atoms with van der Waals surface area (Å²) < 4.78 is 0. The molecule has 0 N–H and O–H groups in total. The van der Waals surface area contributed by atoms with E-state index < -0.39 is 0 Å². The lowest BCUT2D eigenvalue weighted by Crippen LogP contribution is -2.30. The zero-order valence-corrected chi connectivity index (χ0v) is 19.6. The minimum absolute atomic E-state index is 0.102. The molecule has 0 spiro atoms. The number of benzene rings is 1. The number of aromatic nitrogens is 3. The van der Waals surface area contributed by atoms with Crippen molar-refractivity contribution in [2.75, 3.05) is 0 Å². The van der Waals surface area contributed by atoms with Crippen LogP contribution >= 0.6 is 0 Å². The first-order valence-corrected chi connectivity index (χ1v) is 11.4. The highest BCUT2D eigenvalue weighted by Crippen LogP contribution is 2.14. The maximum absolute atomic E-state index is 12.9. The van der Waals surface area contributed by atoms with Crippen LogP contribution in [0.2, 0.25) is 0 Å². The highest BCUT2D eigenvalue weighted by Gasteiger charge is 2.18. The summed E-state index contributed by atoms with van der Waals surface area (Å²) >= 11 is 0. The molecule has 7 heteroatoms. The van der Waals surface area contributed by atoms with E-state index in [-0.39, 0.29) is 12.5 Å². The first kappa shape index (κ1) is 23.9. The molecule has 0 unspecified atom stereocenters. The van der Waals surface area contributed by atoms with Crippen molar-refractivity contribution in [2.45, 2.75) is 33.1 Å². The SMILES string of the molecule is Cc1ccccc1C(=O)N(C=O)Cc1cccc(CN(Cc2ccccn2)Cc2ccccn2)n1. The number of amides is 2.